The van der Waals surface area contributed by atoms with Gasteiger partial charge in [-0.05, 0) is 42.9 Å². The Kier molecular flexibility index (Phi) is 3.52. The predicted octanol–water partition coefficient (Wildman–Crippen LogP) is 1.81. The van der Waals surface area contributed by atoms with Gasteiger partial charge in [0, 0.05) is 7.05 Å². The van der Waals surface area contributed by atoms with Crippen molar-refractivity contribution in [3.8, 4) is 11.8 Å². The fourth-order valence-corrected chi connectivity index (χ4v) is 2.55. The van der Waals surface area contributed by atoms with Crippen molar-refractivity contribution in [3.05, 3.63) is 28.3 Å². The summed E-state index contributed by atoms with van der Waals surface area (Å²) in [5.41, 5.74) is 3.12. The lowest BCUT2D eigenvalue weighted by Gasteiger charge is -2.21. The summed E-state index contributed by atoms with van der Waals surface area (Å²) in [5.74, 6) is 0.222. The number of fused-ring (bicyclic) bond motifs is 1. The lowest BCUT2D eigenvalue weighted by molar-refractivity contribution is 0.0958. The van der Waals surface area contributed by atoms with Crippen LogP contribution >= 0.6 is 0 Å². The van der Waals surface area contributed by atoms with Crippen molar-refractivity contribution < 1.29 is 9.53 Å². The fraction of sp³-hybridized carbons (Fsp3) is 0.429. The molecule has 4 heteroatoms. The van der Waals surface area contributed by atoms with E-state index < -0.39 is 0 Å². The molecular formula is C14H16N2O2. The molecule has 0 heterocycles. The maximum Gasteiger partial charge on any atom is 0.255 e. The number of benzene rings is 1. The molecule has 1 N–H and O–H groups in total. The molecule has 94 valence electrons. The largest absolute Gasteiger partial charge is 0.495 e. The third kappa shape index (κ3) is 1.92. The van der Waals surface area contributed by atoms with Crippen molar-refractivity contribution in [3.63, 3.8) is 0 Å². The summed E-state index contributed by atoms with van der Waals surface area (Å²) in [7, 11) is 3.09. The van der Waals surface area contributed by atoms with Crippen LogP contribution < -0.4 is 10.1 Å². The van der Waals surface area contributed by atoms with E-state index in [1.54, 1.807) is 7.05 Å². The minimum absolute atomic E-state index is 0.179. The topological polar surface area (TPSA) is 62.1 Å². The average molecular weight is 244 g/mol. The SMILES string of the molecule is CNC(=O)c1c2c(cc(C#N)c1OC)CCCC2. The zero-order chi connectivity index (χ0) is 13.1. The molecule has 2 rings (SSSR count). The van der Waals surface area contributed by atoms with Gasteiger partial charge < -0.3 is 10.1 Å². The number of aryl methyl sites for hydroxylation is 1. The molecule has 0 saturated carbocycles. The molecule has 1 amide bonds. The minimum atomic E-state index is -0.179. The second-order valence-electron chi connectivity index (χ2n) is 4.37. The molecule has 18 heavy (non-hydrogen) atoms. The number of hydrogen-bond donors (Lipinski definition) is 1. The number of rotatable bonds is 2. The molecule has 0 saturated heterocycles. The van der Waals surface area contributed by atoms with Gasteiger partial charge in [-0.3, -0.25) is 4.79 Å². The standard InChI is InChI=1S/C14H16N2O2/c1-16-14(17)12-11-6-4-3-5-9(11)7-10(8-15)13(12)18-2/h7H,3-6H2,1-2H3,(H,16,17). The number of amides is 1. The van der Waals surface area contributed by atoms with Crippen LogP contribution in [0, 0.1) is 11.3 Å². The van der Waals surface area contributed by atoms with Gasteiger partial charge in [-0.2, -0.15) is 5.26 Å². The van der Waals surface area contributed by atoms with Crippen LogP contribution in [-0.2, 0) is 12.8 Å². The van der Waals surface area contributed by atoms with Gasteiger partial charge in [0.2, 0.25) is 0 Å². The van der Waals surface area contributed by atoms with Gasteiger partial charge in [0.15, 0.2) is 0 Å². The number of carbonyl (C=O) groups is 1. The highest BCUT2D eigenvalue weighted by Crippen LogP contribution is 2.34. The number of hydrogen-bond acceptors (Lipinski definition) is 3. The molecule has 4 nitrogen and oxygen atoms in total. The molecule has 1 aliphatic rings. The average Bonchev–Trinajstić information content (AvgIpc) is 2.44. The second-order valence-corrected chi connectivity index (χ2v) is 4.37. The van der Waals surface area contributed by atoms with E-state index >= 15 is 0 Å². The van der Waals surface area contributed by atoms with E-state index in [2.05, 4.69) is 11.4 Å². The highest BCUT2D eigenvalue weighted by atomic mass is 16.5. The second kappa shape index (κ2) is 5.09. The number of nitrogens with one attached hydrogen (secondary N) is 1. The Morgan fingerprint density at radius 1 is 1.44 bits per heavy atom. The van der Waals surface area contributed by atoms with Gasteiger partial charge in [0.25, 0.3) is 5.91 Å². The minimum Gasteiger partial charge on any atom is -0.495 e. The van der Waals surface area contributed by atoms with E-state index in [1.807, 2.05) is 6.07 Å². The lowest BCUT2D eigenvalue weighted by Crippen LogP contribution is -2.23. The molecule has 0 fully saturated rings. The number of ether oxygens (including phenoxy) is 1. The molecule has 0 radical (unpaired) electrons. The van der Waals surface area contributed by atoms with Crippen LogP contribution in [0.15, 0.2) is 6.07 Å². The molecule has 1 aromatic rings. The number of carbonyl (C=O) groups excluding carboxylic acids is 1. The van der Waals surface area contributed by atoms with Crippen molar-refractivity contribution in [1.29, 1.82) is 5.26 Å². The van der Waals surface area contributed by atoms with Crippen molar-refractivity contribution in [2.75, 3.05) is 14.2 Å². The van der Waals surface area contributed by atoms with Crippen molar-refractivity contribution in [2.24, 2.45) is 0 Å². The van der Waals surface area contributed by atoms with Crippen LogP contribution in [0.4, 0.5) is 0 Å². The van der Waals surface area contributed by atoms with Crippen molar-refractivity contribution in [1.82, 2.24) is 5.32 Å². The quantitative estimate of drug-likeness (QED) is 0.863. The molecule has 0 bridgehead atoms. The Morgan fingerprint density at radius 2 is 2.17 bits per heavy atom. The summed E-state index contributed by atoms with van der Waals surface area (Å²) in [6.07, 6.45) is 3.99. The molecule has 0 spiro atoms. The molecular weight excluding hydrogens is 228 g/mol. The zero-order valence-corrected chi connectivity index (χ0v) is 10.7. The molecule has 1 aliphatic carbocycles. The Bertz CT molecular complexity index is 530. The first-order chi connectivity index (χ1) is 8.72. The Hall–Kier alpha value is -2.02. The van der Waals surface area contributed by atoms with Gasteiger partial charge >= 0.3 is 0 Å². The van der Waals surface area contributed by atoms with Gasteiger partial charge in [0.05, 0.1) is 18.2 Å². The van der Waals surface area contributed by atoms with Crippen LogP contribution in [0.3, 0.4) is 0 Å². The number of nitriles is 1. The summed E-state index contributed by atoms with van der Waals surface area (Å²) < 4.78 is 5.27. The van der Waals surface area contributed by atoms with E-state index in [0.29, 0.717) is 16.9 Å². The summed E-state index contributed by atoms with van der Waals surface area (Å²) in [6.45, 7) is 0. The van der Waals surface area contributed by atoms with Gasteiger partial charge in [-0.1, -0.05) is 0 Å². The third-order valence-corrected chi connectivity index (χ3v) is 3.38. The van der Waals surface area contributed by atoms with Crippen molar-refractivity contribution in [2.45, 2.75) is 25.7 Å². The first-order valence-electron chi connectivity index (χ1n) is 6.07. The summed E-state index contributed by atoms with van der Waals surface area (Å²) in [4.78, 5) is 12.0. The van der Waals surface area contributed by atoms with E-state index in [9.17, 15) is 4.79 Å². The molecule has 0 atom stereocenters. The number of methoxy groups -OCH3 is 1. The van der Waals surface area contributed by atoms with Crippen LogP contribution in [0.1, 0.15) is 39.9 Å². The van der Waals surface area contributed by atoms with Gasteiger partial charge in [-0.15, -0.1) is 0 Å². The molecule has 0 aromatic heterocycles. The summed E-state index contributed by atoms with van der Waals surface area (Å²) in [6, 6.07) is 3.97. The number of nitrogens with zero attached hydrogens (tertiary/aromatic N) is 1. The Balaban J connectivity index is 2.72. The summed E-state index contributed by atoms with van der Waals surface area (Å²) >= 11 is 0. The molecule has 1 aromatic carbocycles. The molecule has 0 aliphatic heterocycles. The van der Waals surface area contributed by atoms with E-state index in [0.717, 1.165) is 36.8 Å². The Labute approximate surface area is 107 Å². The van der Waals surface area contributed by atoms with Gasteiger partial charge in [0.1, 0.15) is 11.8 Å². The normalized spacial score (nSPS) is 13.4. The van der Waals surface area contributed by atoms with Gasteiger partial charge in [-0.25, -0.2) is 0 Å². The maximum atomic E-state index is 12.0. The smallest absolute Gasteiger partial charge is 0.255 e. The third-order valence-electron chi connectivity index (χ3n) is 3.38. The highest BCUT2D eigenvalue weighted by Gasteiger charge is 2.24. The lowest BCUT2D eigenvalue weighted by atomic mass is 9.85. The highest BCUT2D eigenvalue weighted by molar-refractivity contribution is 5.99. The summed E-state index contributed by atoms with van der Waals surface area (Å²) in [5, 5.41) is 11.8. The van der Waals surface area contributed by atoms with Crippen LogP contribution in [0.2, 0.25) is 0 Å². The molecule has 0 unspecified atom stereocenters. The maximum absolute atomic E-state index is 12.0. The van der Waals surface area contributed by atoms with E-state index in [4.69, 9.17) is 10.00 Å². The van der Waals surface area contributed by atoms with Crippen LogP contribution in [0.25, 0.3) is 0 Å². The van der Waals surface area contributed by atoms with E-state index in [1.165, 1.54) is 7.11 Å². The Morgan fingerprint density at radius 3 is 2.78 bits per heavy atom. The van der Waals surface area contributed by atoms with Crippen LogP contribution in [-0.4, -0.2) is 20.1 Å². The van der Waals surface area contributed by atoms with E-state index in [-0.39, 0.29) is 5.91 Å². The first kappa shape index (κ1) is 12.4. The monoisotopic (exact) mass is 244 g/mol. The predicted molar refractivity (Wildman–Crippen MR) is 67.7 cm³/mol. The first-order valence-corrected chi connectivity index (χ1v) is 6.07. The van der Waals surface area contributed by atoms with Crippen molar-refractivity contribution >= 4 is 5.91 Å². The fourth-order valence-electron chi connectivity index (χ4n) is 2.55. The zero-order valence-electron chi connectivity index (χ0n) is 10.7. The van der Waals surface area contributed by atoms with Crippen LogP contribution in [0.5, 0.6) is 5.75 Å².